The average molecular weight is 258 g/mol. The smallest absolute Gasteiger partial charge is 0.0483 e. The fraction of sp³-hybridized carbons (Fsp3) is 0.529. The van der Waals surface area contributed by atoms with E-state index in [1.807, 2.05) is 0 Å². The van der Waals surface area contributed by atoms with Crippen molar-refractivity contribution in [3.8, 4) is 0 Å². The van der Waals surface area contributed by atoms with E-state index < -0.39 is 0 Å². The van der Waals surface area contributed by atoms with Gasteiger partial charge in [-0.2, -0.15) is 0 Å². The van der Waals surface area contributed by atoms with Gasteiger partial charge in [-0.05, 0) is 23.6 Å². The van der Waals surface area contributed by atoms with Crippen LogP contribution in [0.4, 0.5) is 0 Å². The zero-order valence-electron chi connectivity index (χ0n) is 12.6. The largest absolute Gasteiger partial charge is 0.347 e. The molecule has 0 saturated carbocycles. The molecule has 0 radical (unpaired) electrons. The molecular formula is C17H26N2. The minimum absolute atomic E-state index is 0.525. The molecule has 2 heteroatoms. The number of hydrogen-bond acceptors (Lipinski definition) is 1. The fourth-order valence-electron chi connectivity index (χ4n) is 2.38. The van der Waals surface area contributed by atoms with Crippen LogP contribution >= 0.6 is 0 Å². The molecule has 0 fully saturated rings. The number of benzene rings is 1. The van der Waals surface area contributed by atoms with Crippen LogP contribution in [0, 0.1) is 5.92 Å². The summed E-state index contributed by atoms with van der Waals surface area (Å²) in [7, 11) is 0. The molecule has 2 aromatic rings. The quantitative estimate of drug-likeness (QED) is 0.822. The maximum atomic E-state index is 3.51. The molecule has 1 unspecified atom stereocenters. The Morgan fingerprint density at radius 3 is 2.63 bits per heavy atom. The Labute approximate surface area is 116 Å². The summed E-state index contributed by atoms with van der Waals surface area (Å²) >= 11 is 0. The predicted molar refractivity (Wildman–Crippen MR) is 83.4 cm³/mol. The van der Waals surface area contributed by atoms with Crippen LogP contribution in [-0.4, -0.2) is 10.6 Å². The van der Waals surface area contributed by atoms with Crippen molar-refractivity contribution in [2.75, 3.05) is 0 Å². The maximum Gasteiger partial charge on any atom is 0.0483 e. The van der Waals surface area contributed by atoms with E-state index in [0.29, 0.717) is 6.04 Å². The second kappa shape index (κ2) is 6.25. The zero-order chi connectivity index (χ0) is 13.8. The molecule has 0 aliphatic heterocycles. The van der Waals surface area contributed by atoms with Gasteiger partial charge in [0, 0.05) is 36.2 Å². The van der Waals surface area contributed by atoms with Gasteiger partial charge in [0.15, 0.2) is 0 Å². The molecule has 0 amide bonds. The Balaban J connectivity index is 2.26. The van der Waals surface area contributed by atoms with Gasteiger partial charge >= 0.3 is 0 Å². The van der Waals surface area contributed by atoms with E-state index >= 15 is 0 Å². The highest BCUT2D eigenvalue weighted by Gasteiger charge is 2.07. The van der Waals surface area contributed by atoms with Crippen LogP contribution in [-0.2, 0) is 13.1 Å². The lowest BCUT2D eigenvalue weighted by Gasteiger charge is -2.12. The molecule has 0 aliphatic rings. The van der Waals surface area contributed by atoms with Gasteiger partial charge in [0.25, 0.3) is 0 Å². The molecule has 2 rings (SSSR count). The van der Waals surface area contributed by atoms with Crippen LogP contribution in [0.5, 0.6) is 0 Å². The predicted octanol–water partition coefficient (Wildman–Crippen LogP) is 4.19. The zero-order valence-corrected chi connectivity index (χ0v) is 12.6. The average Bonchev–Trinajstić information content (AvgIpc) is 2.80. The van der Waals surface area contributed by atoms with Crippen LogP contribution in [0.25, 0.3) is 10.9 Å². The van der Waals surface area contributed by atoms with Gasteiger partial charge in [-0.1, -0.05) is 46.2 Å². The summed E-state index contributed by atoms with van der Waals surface area (Å²) in [6, 6.07) is 9.42. The number of nitrogens with zero attached hydrogens (tertiary/aromatic N) is 1. The van der Waals surface area contributed by atoms with Gasteiger partial charge in [0.2, 0.25) is 0 Å². The third-order valence-corrected chi connectivity index (χ3v) is 3.81. The molecule has 1 aromatic heterocycles. The Hall–Kier alpha value is -1.28. The van der Waals surface area contributed by atoms with E-state index in [4.69, 9.17) is 0 Å². The third kappa shape index (κ3) is 3.38. The molecule has 1 heterocycles. The lowest BCUT2D eigenvalue weighted by Crippen LogP contribution is -2.21. The summed E-state index contributed by atoms with van der Waals surface area (Å²) in [6.07, 6.45) is 3.46. The van der Waals surface area contributed by atoms with Crippen molar-refractivity contribution in [3.05, 3.63) is 36.0 Å². The van der Waals surface area contributed by atoms with Crippen molar-refractivity contribution in [2.45, 2.75) is 53.2 Å². The molecule has 2 nitrogen and oxygen atoms in total. The summed E-state index contributed by atoms with van der Waals surface area (Å²) in [5.74, 6) is 0.730. The van der Waals surface area contributed by atoms with Gasteiger partial charge in [-0.15, -0.1) is 0 Å². The normalized spacial score (nSPS) is 13.3. The molecule has 0 saturated heterocycles. The lowest BCUT2D eigenvalue weighted by molar-refractivity contribution is 0.477. The lowest BCUT2D eigenvalue weighted by atomic mass is 10.1. The highest BCUT2D eigenvalue weighted by atomic mass is 15.0. The van der Waals surface area contributed by atoms with E-state index in [9.17, 15) is 0 Å². The first-order chi connectivity index (χ1) is 9.11. The van der Waals surface area contributed by atoms with Crippen molar-refractivity contribution in [2.24, 2.45) is 5.92 Å². The SMILES string of the molecule is CCC(C)Cn1ccc2c(CNC(C)C)cccc21. The molecule has 1 N–H and O–H groups in total. The van der Waals surface area contributed by atoms with Crippen LogP contribution in [0.15, 0.2) is 30.5 Å². The molecule has 104 valence electrons. The molecule has 0 spiro atoms. The Kier molecular flexibility index (Phi) is 4.65. The molecule has 0 bridgehead atoms. The number of rotatable bonds is 6. The highest BCUT2D eigenvalue weighted by Crippen LogP contribution is 2.22. The second-order valence-electron chi connectivity index (χ2n) is 5.87. The van der Waals surface area contributed by atoms with Crippen LogP contribution in [0.2, 0.25) is 0 Å². The Bertz CT molecular complexity index is 525. The molecule has 19 heavy (non-hydrogen) atoms. The monoisotopic (exact) mass is 258 g/mol. The highest BCUT2D eigenvalue weighted by molar-refractivity contribution is 5.83. The van der Waals surface area contributed by atoms with Crippen molar-refractivity contribution < 1.29 is 0 Å². The molecule has 1 atom stereocenters. The first-order valence-electron chi connectivity index (χ1n) is 7.42. The van der Waals surface area contributed by atoms with E-state index in [1.165, 1.54) is 22.9 Å². The summed E-state index contributed by atoms with van der Waals surface area (Å²) in [4.78, 5) is 0. The standard InChI is InChI=1S/C17H26N2/c1-5-14(4)12-19-10-9-16-15(11-18-13(2)3)7-6-8-17(16)19/h6-10,13-14,18H,5,11-12H2,1-4H3. The van der Waals surface area contributed by atoms with E-state index in [1.54, 1.807) is 0 Å². The van der Waals surface area contributed by atoms with Gasteiger partial charge < -0.3 is 9.88 Å². The first-order valence-corrected chi connectivity index (χ1v) is 7.42. The topological polar surface area (TPSA) is 17.0 Å². The molecular weight excluding hydrogens is 232 g/mol. The summed E-state index contributed by atoms with van der Waals surface area (Å²) in [5.41, 5.74) is 2.76. The third-order valence-electron chi connectivity index (χ3n) is 3.81. The summed E-state index contributed by atoms with van der Waals surface area (Å²) in [6.45, 7) is 11.0. The molecule has 1 aromatic carbocycles. The minimum atomic E-state index is 0.525. The van der Waals surface area contributed by atoms with Crippen LogP contribution < -0.4 is 5.32 Å². The number of aromatic nitrogens is 1. The van der Waals surface area contributed by atoms with Crippen molar-refractivity contribution in [1.82, 2.24) is 9.88 Å². The minimum Gasteiger partial charge on any atom is -0.347 e. The molecule has 0 aliphatic carbocycles. The van der Waals surface area contributed by atoms with Gasteiger partial charge in [-0.3, -0.25) is 0 Å². The Morgan fingerprint density at radius 2 is 1.95 bits per heavy atom. The van der Waals surface area contributed by atoms with Gasteiger partial charge in [-0.25, -0.2) is 0 Å². The summed E-state index contributed by atoms with van der Waals surface area (Å²) in [5, 5.41) is 4.89. The first kappa shape index (κ1) is 14.1. The van der Waals surface area contributed by atoms with Crippen molar-refractivity contribution in [1.29, 1.82) is 0 Å². The van der Waals surface area contributed by atoms with Crippen molar-refractivity contribution >= 4 is 10.9 Å². The van der Waals surface area contributed by atoms with Crippen molar-refractivity contribution in [3.63, 3.8) is 0 Å². The van der Waals surface area contributed by atoms with Crippen LogP contribution in [0.1, 0.15) is 39.7 Å². The fourth-order valence-corrected chi connectivity index (χ4v) is 2.38. The van der Waals surface area contributed by atoms with Gasteiger partial charge in [0.05, 0.1) is 0 Å². The van der Waals surface area contributed by atoms with E-state index in [2.05, 4.69) is 68.0 Å². The number of nitrogens with one attached hydrogen (secondary N) is 1. The summed E-state index contributed by atoms with van der Waals surface area (Å²) < 4.78 is 2.39. The van der Waals surface area contributed by atoms with Gasteiger partial charge in [0.1, 0.15) is 0 Å². The number of fused-ring (bicyclic) bond motifs is 1. The number of hydrogen-bond donors (Lipinski definition) is 1. The van der Waals surface area contributed by atoms with E-state index in [-0.39, 0.29) is 0 Å². The van der Waals surface area contributed by atoms with E-state index in [0.717, 1.165) is 19.0 Å². The van der Waals surface area contributed by atoms with Crippen LogP contribution in [0.3, 0.4) is 0 Å². The maximum absolute atomic E-state index is 3.51. The Morgan fingerprint density at radius 1 is 1.16 bits per heavy atom. The second-order valence-corrected chi connectivity index (χ2v) is 5.87.